The third kappa shape index (κ3) is 6.95. The molecule has 0 bridgehead atoms. The number of hydrogen-bond donors (Lipinski definition) is 2. The largest absolute Gasteiger partial charge is 0.494 e. The van der Waals surface area contributed by atoms with Crippen LogP contribution in [-0.2, 0) is 0 Å². The minimum Gasteiger partial charge on any atom is -0.494 e. The van der Waals surface area contributed by atoms with E-state index in [9.17, 15) is 9.59 Å². The molecule has 6 nitrogen and oxygen atoms in total. The predicted molar refractivity (Wildman–Crippen MR) is 109 cm³/mol. The third-order valence-corrected chi connectivity index (χ3v) is 4.08. The molecule has 0 atom stereocenters. The van der Waals surface area contributed by atoms with E-state index < -0.39 is 11.8 Å². The Bertz CT molecular complexity index is 759. The van der Waals surface area contributed by atoms with Gasteiger partial charge in [0.05, 0.1) is 13.2 Å². The monoisotopic (exact) mass is 384 g/mol. The van der Waals surface area contributed by atoms with Crippen LogP contribution in [0.1, 0.15) is 60.2 Å². The summed E-state index contributed by atoms with van der Waals surface area (Å²) in [7, 11) is 0. The Balaban J connectivity index is 1.80. The number of ether oxygens (including phenoxy) is 2. The Morgan fingerprint density at radius 3 is 2.18 bits per heavy atom. The molecule has 0 aliphatic rings. The minimum atomic E-state index is -0.415. The van der Waals surface area contributed by atoms with Crippen LogP contribution in [0.4, 0.5) is 0 Å². The van der Waals surface area contributed by atoms with Crippen molar-refractivity contribution >= 4 is 11.8 Å². The third-order valence-electron chi connectivity index (χ3n) is 4.08. The molecule has 6 heteroatoms. The maximum atomic E-state index is 12.2. The molecule has 28 heavy (non-hydrogen) atoms. The van der Waals surface area contributed by atoms with Gasteiger partial charge in [0.2, 0.25) is 0 Å². The quantitative estimate of drug-likeness (QED) is 0.477. The Hall–Kier alpha value is -3.02. The van der Waals surface area contributed by atoms with Crippen molar-refractivity contribution in [2.75, 3.05) is 13.2 Å². The van der Waals surface area contributed by atoms with Crippen molar-refractivity contribution < 1.29 is 19.1 Å². The highest BCUT2D eigenvalue weighted by molar-refractivity contribution is 5.99. The average Bonchev–Trinajstić information content (AvgIpc) is 2.72. The summed E-state index contributed by atoms with van der Waals surface area (Å²) in [5.74, 6) is 0.516. The zero-order valence-electron chi connectivity index (χ0n) is 16.5. The maximum Gasteiger partial charge on any atom is 0.269 e. The van der Waals surface area contributed by atoms with Crippen molar-refractivity contribution in [3.63, 3.8) is 0 Å². The zero-order valence-corrected chi connectivity index (χ0v) is 16.5. The molecule has 0 aliphatic carbocycles. The van der Waals surface area contributed by atoms with Crippen molar-refractivity contribution in [2.45, 2.75) is 39.5 Å². The van der Waals surface area contributed by atoms with E-state index in [1.165, 1.54) is 12.8 Å². The van der Waals surface area contributed by atoms with E-state index in [1.54, 1.807) is 48.5 Å². The number of hydrogen-bond acceptors (Lipinski definition) is 4. The molecule has 0 spiro atoms. The van der Waals surface area contributed by atoms with Crippen LogP contribution in [-0.4, -0.2) is 25.0 Å². The van der Waals surface area contributed by atoms with Gasteiger partial charge in [0.25, 0.3) is 11.8 Å². The van der Waals surface area contributed by atoms with Gasteiger partial charge in [-0.05, 0) is 55.8 Å². The van der Waals surface area contributed by atoms with Crippen molar-refractivity contribution in [2.24, 2.45) is 0 Å². The number of carbonyl (C=O) groups excluding carboxylic acids is 2. The Morgan fingerprint density at radius 2 is 1.50 bits per heavy atom. The Labute approximate surface area is 166 Å². The summed E-state index contributed by atoms with van der Waals surface area (Å²) < 4.78 is 11.0. The van der Waals surface area contributed by atoms with Crippen LogP contribution in [0.3, 0.4) is 0 Å². The molecule has 2 aromatic carbocycles. The van der Waals surface area contributed by atoms with E-state index in [0.717, 1.165) is 18.6 Å². The van der Waals surface area contributed by atoms with Crippen LogP contribution in [0, 0.1) is 0 Å². The van der Waals surface area contributed by atoms with E-state index in [-0.39, 0.29) is 0 Å². The first-order valence-corrected chi connectivity index (χ1v) is 9.70. The SMILES string of the molecule is CCCCCCOc1ccc(C(=O)NNC(=O)c2cccc(OCC)c2)cc1. The molecule has 2 amide bonds. The summed E-state index contributed by atoms with van der Waals surface area (Å²) in [5, 5.41) is 0. The summed E-state index contributed by atoms with van der Waals surface area (Å²) in [6.45, 7) is 5.23. The maximum absolute atomic E-state index is 12.2. The highest BCUT2D eigenvalue weighted by Gasteiger charge is 2.10. The number of nitrogens with one attached hydrogen (secondary N) is 2. The first kappa shape index (κ1) is 21.3. The fourth-order valence-corrected chi connectivity index (χ4v) is 2.57. The van der Waals surface area contributed by atoms with Gasteiger partial charge < -0.3 is 9.47 Å². The molecule has 0 saturated heterocycles. The van der Waals surface area contributed by atoms with Crippen LogP contribution < -0.4 is 20.3 Å². The van der Waals surface area contributed by atoms with Gasteiger partial charge >= 0.3 is 0 Å². The standard InChI is InChI=1S/C22H28N2O4/c1-3-5-6-7-15-28-19-13-11-17(12-14-19)21(25)23-24-22(26)18-9-8-10-20(16-18)27-4-2/h8-14,16H,3-7,15H2,1-2H3,(H,23,25)(H,24,26). The van der Waals surface area contributed by atoms with Crippen molar-refractivity contribution in [1.29, 1.82) is 0 Å². The number of rotatable bonds is 10. The number of carbonyl (C=O) groups is 2. The number of hydrazine groups is 1. The summed E-state index contributed by atoms with van der Waals surface area (Å²) in [5.41, 5.74) is 5.66. The summed E-state index contributed by atoms with van der Waals surface area (Å²) in [6.07, 6.45) is 4.58. The van der Waals surface area contributed by atoms with Crippen molar-refractivity contribution in [3.05, 3.63) is 59.7 Å². The highest BCUT2D eigenvalue weighted by atomic mass is 16.5. The van der Waals surface area contributed by atoms with Gasteiger partial charge in [0.15, 0.2) is 0 Å². The van der Waals surface area contributed by atoms with Crippen molar-refractivity contribution in [3.8, 4) is 11.5 Å². The zero-order chi connectivity index (χ0) is 20.2. The average molecular weight is 384 g/mol. The number of unbranched alkanes of at least 4 members (excludes halogenated alkanes) is 3. The van der Waals surface area contributed by atoms with Crippen LogP contribution >= 0.6 is 0 Å². The van der Waals surface area contributed by atoms with Crippen LogP contribution in [0.5, 0.6) is 11.5 Å². The lowest BCUT2D eigenvalue weighted by Gasteiger charge is -2.10. The van der Waals surface area contributed by atoms with Gasteiger partial charge in [0, 0.05) is 11.1 Å². The highest BCUT2D eigenvalue weighted by Crippen LogP contribution is 2.14. The van der Waals surface area contributed by atoms with Gasteiger partial charge in [-0.25, -0.2) is 0 Å². The van der Waals surface area contributed by atoms with Crippen LogP contribution in [0.25, 0.3) is 0 Å². The van der Waals surface area contributed by atoms with Gasteiger partial charge in [-0.2, -0.15) is 0 Å². The minimum absolute atomic E-state index is 0.399. The molecule has 0 unspecified atom stereocenters. The van der Waals surface area contributed by atoms with Crippen molar-refractivity contribution in [1.82, 2.24) is 10.9 Å². The fourth-order valence-electron chi connectivity index (χ4n) is 2.57. The van der Waals surface area contributed by atoms with Crippen LogP contribution in [0.15, 0.2) is 48.5 Å². The second-order valence-corrected chi connectivity index (χ2v) is 6.30. The van der Waals surface area contributed by atoms with Gasteiger partial charge in [-0.15, -0.1) is 0 Å². The molecular weight excluding hydrogens is 356 g/mol. The van der Waals surface area contributed by atoms with Gasteiger partial charge in [0.1, 0.15) is 11.5 Å². The Morgan fingerprint density at radius 1 is 0.786 bits per heavy atom. The molecule has 0 saturated carbocycles. The second kappa shape index (κ2) is 11.6. The topological polar surface area (TPSA) is 76.7 Å². The first-order chi connectivity index (χ1) is 13.6. The molecule has 0 radical (unpaired) electrons. The summed E-state index contributed by atoms with van der Waals surface area (Å²) >= 11 is 0. The molecule has 0 fully saturated rings. The summed E-state index contributed by atoms with van der Waals surface area (Å²) in [4.78, 5) is 24.4. The molecule has 2 rings (SSSR count). The van der Waals surface area contributed by atoms with Gasteiger partial charge in [-0.3, -0.25) is 20.4 Å². The van der Waals surface area contributed by atoms with E-state index in [4.69, 9.17) is 9.47 Å². The molecule has 2 N–H and O–H groups in total. The molecular formula is C22H28N2O4. The normalized spacial score (nSPS) is 10.2. The van der Waals surface area contributed by atoms with Crippen LogP contribution in [0.2, 0.25) is 0 Å². The first-order valence-electron chi connectivity index (χ1n) is 9.70. The van der Waals surface area contributed by atoms with E-state index in [2.05, 4.69) is 17.8 Å². The van der Waals surface area contributed by atoms with Gasteiger partial charge in [-0.1, -0.05) is 32.3 Å². The van der Waals surface area contributed by atoms with E-state index in [0.29, 0.717) is 30.1 Å². The summed E-state index contributed by atoms with van der Waals surface area (Å²) in [6, 6.07) is 13.6. The molecule has 150 valence electrons. The van der Waals surface area contributed by atoms with E-state index >= 15 is 0 Å². The molecule has 0 heterocycles. The van der Waals surface area contributed by atoms with E-state index in [1.807, 2.05) is 6.92 Å². The lowest BCUT2D eigenvalue weighted by molar-refractivity contribution is 0.0846. The lowest BCUT2D eigenvalue weighted by atomic mass is 10.2. The predicted octanol–water partition coefficient (Wildman–Crippen LogP) is 4.12. The lowest BCUT2D eigenvalue weighted by Crippen LogP contribution is -2.41. The Kier molecular flexibility index (Phi) is 8.85. The molecule has 0 aromatic heterocycles. The number of benzene rings is 2. The number of amides is 2. The molecule has 0 aliphatic heterocycles. The molecule has 2 aromatic rings. The second-order valence-electron chi connectivity index (χ2n) is 6.30. The smallest absolute Gasteiger partial charge is 0.269 e. The fraction of sp³-hybridized carbons (Fsp3) is 0.364.